The van der Waals surface area contributed by atoms with Crippen LogP contribution in [0.3, 0.4) is 0 Å². The molecule has 182 valence electrons. The number of benzene rings is 1. The summed E-state index contributed by atoms with van der Waals surface area (Å²) in [4.78, 5) is 55.7. The summed E-state index contributed by atoms with van der Waals surface area (Å²) in [7, 11) is -21.1. The van der Waals surface area contributed by atoms with Crippen LogP contribution in [0.4, 0.5) is 0 Å². The minimum atomic E-state index is -3.51. The van der Waals surface area contributed by atoms with Gasteiger partial charge in [0.1, 0.15) is 49.5 Å². The van der Waals surface area contributed by atoms with Gasteiger partial charge < -0.3 is 61.9 Å². The fourth-order valence-corrected chi connectivity index (χ4v) is 2.59. The average molecular weight is 855 g/mol. The molecule has 0 heterocycles. The predicted octanol–water partition coefficient (Wildman–Crippen LogP) is -2.57. The van der Waals surface area contributed by atoms with E-state index < -0.39 is 55.1 Å². The van der Waals surface area contributed by atoms with E-state index in [4.69, 9.17) is 16.7 Å². The van der Waals surface area contributed by atoms with Crippen molar-refractivity contribution in [3.8, 4) is 0 Å². The SMILES string of the molecule is O=[PH]([O-])O[PH](=O)[O-].O=[PH]([O-])O[PH](=O)[O-].O=[PH]([O-])O[PH](=O)[O-].OC(Cl)c1ccccc1.[Ce+3].[Ce+3]. The Kier molecular flexibility index (Phi) is 43.0. The van der Waals surface area contributed by atoms with Crippen LogP contribution in [-0.2, 0) is 40.3 Å². The summed E-state index contributed by atoms with van der Waals surface area (Å²) in [6.07, 6.45) is 0. The van der Waals surface area contributed by atoms with Crippen LogP contribution in [-0.4, -0.2) is 5.11 Å². The van der Waals surface area contributed by atoms with Gasteiger partial charge in [-0.1, -0.05) is 41.9 Å². The van der Waals surface area contributed by atoms with Crippen LogP contribution in [0.5, 0.6) is 0 Å². The van der Waals surface area contributed by atoms with Crippen LogP contribution in [0.1, 0.15) is 11.1 Å². The molecule has 1 aromatic carbocycles. The van der Waals surface area contributed by atoms with Gasteiger partial charge in [-0.3, -0.25) is 12.9 Å². The first kappa shape index (κ1) is 45.2. The van der Waals surface area contributed by atoms with E-state index in [1.165, 1.54) is 0 Å². The zero-order chi connectivity index (χ0) is 24.3. The molecule has 1 rings (SSSR count). The van der Waals surface area contributed by atoms with Gasteiger partial charge in [-0.25, -0.2) is 0 Å². The molecule has 16 nitrogen and oxygen atoms in total. The average Bonchev–Trinajstić information content (AvgIpc) is 2.53. The van der Waals surface area contributed by atoms with Crippen LogP contribution in [0.2, 0.25) is 0 Å². The number of aliphatic hydroxyl groups excluding tert-OH is 1. The maximum absolute atomic E-state index is 9.29. The van der Waals surface area contributed by atoms with Crippen molar-refractivity contribution < 1.29 is 158 Å². The summed E-state index contributed by atoms with van der Waals surface area (Å²) in [6, 6.07) is 9.10. The largest absolute Gasteiger partial charge is 3.00 e. The summed E-state index contributed by atoms with van der Waals surface area (Å²) in [6.45, 7) is 0. The monoisotopic (exact) mass is 854 g/mol. The molecule has 0 aliphatic rings. The van der Waals surface area contributed by atoms with Gasteiger partial charge in [0.2, 0.25) is 0 Å². The second kappa shape index (κ2) is 30.5. The number of rotatable bonds is 7. The molecule has 0 saturated carbocycles. The second-order valence-electron chi connectivity index (χ2n) is 3.55. The molecule has 0 bridgehead atoms. The van der Waals surface area contributed by atoms with Crippen LogP contribution >= 0.6 is 61.1 Å². The van der Waals surface area contributed by atoms with E-state index in [0.29, 0.717) is 0 Å². The molecule has 0 spiro atoms. The zero-order valence-electron chi connectivity index (χ0n) is 14.9. The van der Waals surface area contributed by atoms with Gasteiger partial charge in [-0.15, -0.1) is 0 Å². The first-order valence-electron chi connectivity index (χ1n) is 6.35. The van der Waals surface area contributed by atoms with E-state index >= 15 is 0 Å². The quantitative estimate of drug-likeness (QED) is 0.218. The molecule has 7 unspecified atom stereocenters. The van der Waals surface area contributed by atoms with E-state index in [1.54, 1.807) is 12.1 Å². The fourth-order valence-electron chi connectivity index (χ4n) is 0.816. The van der Waals surface area contributed by atoms with Gasteiger partial charge in [0, 0.05) is 0 Å². The van der Waals surface area contributed by atoms with Gasteiger partial charge in [0.25, 0.3) is 0 Å². The summed E-state index contributed by atoms with van der Waals surface area (Å²) >= 11 is 5.36. The molecule has 1 aromatic rings. The van der Waals surface area contributed by atoms with E-state index in [-0.39, 0.29) is 83.5 Å². The molecule has 25 heteroatoms. The van der Waals surface area contributed by atoms with Crippen molar-refractivity contribution in [3.05, 3.63) is 35.9 Å². The molecule has 0 saturated heterocycles. The number of halogens is 1. The van der Waals surface area contributed by atoms with E-state index in [9.17, 15) is 56.8 Å². The molecule has 0 amide bonds. The van der Waals surface area contributed by atoms with Gasteiger partial charge >= 0.3 is 83.5 Å². The Morgan fingerprint density at radius 3 is 0.938 bits per heavy atom. The third-order valence-corrected chi connectivity index (χ3v) is 5.83. The maximum atomic E-state index is 9.29. The topological polar surface area (TPSA) is 289 Å². The second-order valence-corrected chi connectivity index (χ2v) is 9.42. The third kappa shape index (κ3) is 46.6. The fraction of sp³-hybridized carbons (Fsp3) is 0.143. The van der Waals surface area contributed by atoms with Crippen molar-refractivity contribution in [3.63, 3.8) is 0 Å². The van der Waals surface area contributed by atoms with Crippen molar-refractivity contribution >= 4 is 61.1 Å². The molecule has 1 N–H and O–H groups in total. The van der Waals surface area contributed by atoms with Crippen molar-refractivity contribution in [1.82, 2.24) is 0 Å². The Balaban J connectivity index is -0.000000100. The van der Waals surface area contributed by atoms with Crippen molar-refractivity contribution in [2.45, 2.75) is 5.56 Å². The van der Waals surface area contributed by atoms with Crippen LogP contribution in [0.25, 0.3) is 0 Å². The molecular formula is C7H13Ce2ClO16P6. The van der Waals surface area contributed by atoms with Crippen molar-refractivity contribution in [2.75, 3.05) is 0 Å². The molecule has 0 aliphatic heterocycles. The van der Waals surface area contributed by atoms with Gasteiger partial charge in [-0.2, -0.15) is 0 Å². The van der Waals surface area contributed by atoms with E-state index in [2.05, 4.69) is 12.9 Å². The Morgan fingerprint density at radius 2 is 0.844 bits per heavy atom. The molecule has 2 radical (unpaired) electrons. The summed E-state index contributed by atoms with van der Waals surface area (Å²) in [5, 5.41) is 8.79. The molecule has 32 heavy (non-hydrogen) atoms. The predicted molar refractivity (Wildman–Crippen MR) is 94.5 cm³/mol. The zero-order valence-corrected chi connectivity index (χ0v) is 27.9. The Labute approximate surface area is 257 Å². The Morgan fingerprint density at radius 1 is 0.625 bits per heavy atom. The van der Waals surface area contributed by atoms with Crippen molar-refractivity contribution in [2.24, 2.45) is 0 Å². The standard InChI is InChI=1S/C7H7ClO.2Ce.3H4O5P2/c8-7(9)6-4-2-1-3-5-6;;;3*1-6(2)5-7(3)4/h1-5,7,9H;;;3*6-7H,(H,1,2)(H,3,4)/q;2*+3;;;/p-6. The van der Waals surface area contributed by atoms with Crippen molar-refractivity contribution in [1.29, 1.82) is 0 Å². The summed E-state index contributed by atoms with van der Waals surface area (Å²) < 4.78 is 65.4. The molecular weight excluding hydrogens is 842 g/mol. The molecule has 0 fully saturated rings. The van der Waals surface area contributed by atoms with Crippen LogP contribution < -0.4 is 29.4 Å². The van der Waals surface area contributed by atoms with Crippen LogP contribution in [0.15, 0.2) is 30.3 Å². The number of aliphatic hydroxyl groups is 1. The molecule has 0 aromatic heterocycles. The van der Waals surface area contributed by atoms with Crippen LogP contribution in [0, 0.1) is 83.5 Å². The number of hydrogen-bond donors (Lipinski definition) is 1. The maximum Gasteiger partial charge on any atom is 3.00 e. The molecule has 0 aliphatic carbocycles. The Hall–Kier alpha value is 3.24. The normalized spacial score (nSPS) is 15.9. The van der Waals surface area contributed by atoms with E-state index in [0.717, 1.165) is 5.56 Å². The first-order chi connectivity index (χ1) is 13.7. The number of alkyl halides is 1. The smallest absolute Gasteiger partial charge is 0.781 e. The third-order valence-electron chi connectivity index (χ3n) is 1.57. The van der Waals surface area contributed by atoms with Gasteiger partial charge in [-0.05, 0) is 5.56 Å². The van der Waals surface area contributed by atoms with E-state index in [1.807, 2.05) is 18.2 Å². The minimum absolute atomic E-state index is 0. The minimum Gasteiger partial charge on any atom is -0.781 e. The van der Waals surface area contributed by atoms with Gasteiger partial charge in [0.05, 0.1) is 0 Å². The van der Waals surface area contributed by atoms with Gasteiger partial charge in [0.15, 0.2) is 5.56 Å². The number of hydrogen-bond acceptors (Lipinski definition) is 16. The first-order valence-corrected chi connectivity index (χ1v) is 14.1. The summed E-state index contributed by atoms with van der Waals surface area (Å²) in [5.41, 5.74) is -0.134. The summed E-state index contributed by atoms with van der Waals surface area (Å²) in [5.74, 6) is 0. The Bertz CT molecular complexity index is 626. The molecule has 7 atom stereocenters.